The van der Waals surface area contributed by atoms with E-state index in [1.54, 1.807) is 0 Å². The van der Waals surface area contributed by atoms with Crippen LogP contribution in [0.25, 0.3) is 11.1 Å². The van der Waals surface area contributed by atoms with Gasteiger partial charge in [0.05, 0.1) is 0 Å². The van der Waals surface area contributed by atoms with E-state index < -0.39 is 0 Å². The van der Waals surface area contributed by atoms with E-state index in [0.717, 1.165) is 5.92 Å². The van der Waals surface area contributed by atoms with Crippen molar-refractivity contribution < 1.29 is 0 Å². The molecule has 158 valence electrons. The molecule has 1 nitrogen and oxygen atoms in total. The Hall–Kier alpha value is -3.32. The molecule has 1 saturated carbocycles. The molecule has 1 unspecified atom stereocenters. The standard InChI is InChI=1S/C31H29N/c1-4-12-23(13-5-1)31-29-19-11-10-18-27(29)28-21-20-26(22-30(28)31)32(24-14-6-2-7-15-24)25-16-8-3-9-17-25/h2-3,6-11,14-23,31H,1,4-5,12-13H2. The lowest BCUT2D eigenvalue weighted by atomic mass is 9.75. The Morgan fingerprint density at radius 1 is 0.500 bits per heavy atom. The third-order valence-corrected chi connectivity index (χ3v) is 7.36. The summed E-state index contributed by atoms with van der Waals surface area (Å²) in [4.78, 5) is 2.39. The second-order valence-corrected chi connectivity index (χ2v) is 9.24. The molecule has 1 fully saturated rings. The monoisotopic (exact) mass is 415 g/mol. The van der Waals surface area contributed by atoms with E-state index in [1.165, 1.54) is 71.4 Å². The van der Waals surface area contributed by atoms with Gasteiger partial charge in [-0.05, 0) is 77.4 Å². The van der Waals surface area contributed by atoms with Gasteiger partial charge in [0, 0.05) is 23.0 Å². The molecule has 0 spiro atoms. The average molecular weight is 416 g/mol. The van der Waals surface area contributed by atoms with Gasteiger partial charge in [0.25, 0.3) is 0 Å². The molecule has 6 rings (SSSR count). The quantitative estimate of drug-likeness (QED) is 0.322. The Morgan fingerprint density at radius 3 is 1.78 bits per heavy atom. The Kier molecular flexibility index (Phi) is 5.03. The van der Waals surface area contributed by atoms with Crippen molar-refractivity contribution in [2.45, 2.75) is 38.0 Å². The molecule has 4 aromatic rings. The lowest BCUT2D eigenvalue weighted by molar-refractivity contribution is 0.330. The van der Waals surface area contributed by atoms with E-state index in [0.29, 0.717) is 5.92 Å². The number of nitrogens with zero attached hydrogens (tertiary/aromatic N) is 1. The number of rotatable bonds is 4. The van der Waals surface area contributed by atoms with Gasteiger partial charge in [-0.2, -0.15) is 0 Å². The van der Waals surface area contributed by atoms with Crippen molar-refractivity contribution in [1.82, 2.24) is 0 Å². The molecule has 2 aliphatic carbocycles. The maximum Gasteiger partial charge on any atom is 0.0465 e. The third-order valence-electron chi connectivity index (χ3n) is 7.36. The summed E-state index contributed by atoms with van der Waals surface area (Å²) < 4.78 is 0. The van der Waals surface area contributed by atoms with Crippen LogP contribution in [0.5, 0.6) is 0 Å². The highest BCUT2D eigenvalue weighted by molar-refractivity contribution is 5.84. The first-order valence-electron chi connectivity index (χ1n) is 12.0. The normalized spacial score (nSPS) is 17.6. The maximum atomic E-state index is 2.48. The van der Waals surface area contributed by atoms with E-state index in [-0.39, 0.29) is 0 Å². The van der Waals surface area contributed by atoms with Crippen molar-refractivity contribution in [3.05, 3.63) is 114 Å². The number of fused-ring (bicyclic) bond motifs is 3. The van der Waals surface area contributed by atoms with Crippen molar-refractivity contribution in [1.29, 1.82) is 0 Å². The van der Waals surface area contributed by atoms with Gasteiger partial charge < -0.3 is 4.90 Å². The third kappa shape index (κ3) is 3.33. The number of para-hydroxylation sites is 2. The van der Waals surface area contributed by atoms with Gasteiger partial charge in [0.15, 0.2) is 0 Å². The van der Waals surface area contributed by atoms with Crippen LogP contribution in [0.3, 0.4) is 0 Å². The molecule has 1 atom stereocenters. The minimum Gasteiger partial charge on any atom is -0.310 e. The fraction of sp³-hybridized carbons (Fsp3) is 0.226. The Morgan fingerprint density at radius 2 is 1.09 bits per heavy atom. The summed E-state index contributed by atoms with van der Waals surface area (Å²) in [6, 6.07) is 37.7. The Bertz CT molecular complexity index is 1170. The molecule has 1 heteroatoms. The van der Waals surface area contributed by atoms with Crippen LogP contribution in [-0.4, -0.2) is 0 Å². The zero-order chi connectivity index (χ0) is 21.3. The minimum absolute atomic E-state index is 0.523. The molecule has 0 saturated heterocycles. The van der Waals surface area contributed by atoms with Gasteiger partial charge >= 0.3 is 0 Å². The van der Waals surface area contributed by atoms with E-state index in [4.69, 9.17) is 0 Å². The maximum absolute atomic E-state index is 2.48. The summed E-state index contributed by atoms with van der Waals surface area (Å²) in [6.45, 7) is 0. The van der Waals surface area contributed by atoms with Crippen LogP contribution in [0.1, 0.15) is 49.1 Å². The Labute approximate surface area is 191 Å². The van der Waals surface area contributed by atoms with E-state index >= 15 is 0 Å². The fourth-order valence-corrected chi connectivity index (χ4v) is 5.95. The van der Waals surface area contributed by atoms with Crippen molar-refractivity contribution in [3.63, 3.8) is 0 Å². The summed E-state index contributed by atoms with van der Waals surface area (Å²) in [6.07, 6.45) is 6.85. The predicted octanol–water partition coefficient (Wildman–Crippen LogP) is 8.85. The van der Waals surface area contributed by atoms with Gasteiger partial charge in [0.1, 0.15) is 0 Å². The zero-order valence-corrected chi connectivity index (χ0v) is 18.5. The molecule has 0 radical (unpaired) electrons. The van der Waals surface area contributed by atoms with Gasteiger partial charge in [0.2, 0.25) is 0 Å². The summed E-state index contributed by atoms with van der Waals surface area (Å²) in [5.41, 5.74) is 9.57. The lowest BCUT2D eigenvalue weighted by Crippen LogP contribution is -2.16. The summed E-state index contributed by atoms with van der Waals surface area (Å²) in [7, 11) is 0. The van der Waals surface area contributed by atoms with E-state index in [1.807, 2.05) is 0 Å². The van der Waals surface area contributed by atoms with Gasteiger partial charge in [-0.15, -0.1) is 0 Å². The van der Waals surface area contributed by atoms with Crippen LogP contribution in [-0.2, 0) is 0 Å². The molecular formula is C31H29N. The summed E-state index contributed by atoms with van der Waals surface area (Å²) in [5, 5.41) is 0. The van der Waals surface area contributed by atoms with Gasteiger partial charge in [-0.1, -0.05) is 86.0 Å². The highest BCUT2D eigenvalue weighted by Crippen LogP contribution is 2.52. The minimum atomic E-state index is 0.523. The van der Waals surface area contributed by atoms with Crippen LogP contribution in [0.15, 0.2) is 103 Å². The van der Waals surface area contributed by atoms with Crippen LogP contribution >= 0.6 is 0 Å². The molecule has 32 heavy (non-hydrogen) atoms. The smallest absolute Gasteiger partial charge is 0.0465 e. The molecule has 0 N–H and O–H groups in total. The first-order valence-corrected chi connectivity index (χ1v) is 12.0. The molecule has 2 aliphatic rings. The number of benzene rings is 4. The van der Waals surface area contributed by atoms with Crippen LogP contribution < -0.4 is 4.90 Å². The molecule has 0 aliphatic heterocycles. The predicted molar refractivity (Wildman–Crippen MR) is 135 cm³/mol. The first kappa shape index (κ1) is 19.4. The fourth-order valence-electron chi connectivity index (χ4n) is 5.95. The topological polar surface area (TPSA) is 3.24 Å². The zero-order valence-electron chi connectivity index (χ0n) is 18.5. The second-order valence-electron chi connectivity index (χ2n) is 9.24. The first-order chi connectivity index (χ1) is 15.9. The number of hydrogen-bond donors (Lipinski definition) is 0. The van der Waals surface area contributed by atoms with Gasteiger partial charge in [-0.3, -0.25) is 0 Å². The van der Waals surface area contributed by atoms with Crippen LogP contribution in [0.4, 0.5) is 17.1 Å². The summed E-state index contributed by atoms with van der Waals surface area (Å²) >= 11 is 0. The summed E-state index contributed by atoms with van der Waals surface area (Å²) in [5.74, 6) is 1.28. The average Bonchev–Trinajstić information content (AvgIpc) is 3.20. The Balaban J connectivity index is 1.50. The molecule has 0 aromatic heterocycles. The molecule has 4 aromatic carbocycles. The lowest BCUT2D eigenvalue weighted by Gasteiger charge is -2.30. The van der Waals surface area contributed by atoms with Crippen molar-refractivity contribution >= 4 is 17.1 Å². The SMILES string of the molecule is c1ccc(N(c2ccccc2)c2ccc3c(c2)C(C2CCCCC2)c2ccccc2-3)cc1. The highest BCUT2D eigenvalue weighted by atomic mass is 15.1. The van der Waals surface area contributed by atoms with E-state index in [2.05, 4.69) is 108 Å². The van der Waals surface area contributed by atoms with Gasteiger partial charge in [-0.25, -0.2) is 0 Å². The highest BCUT2D eigenvalue weighted by Gasteiger charge is 2.35. The van der Waals surface area contributed by atoms with Crippen molar-refractivity contribution in [2.24, 2.45) is 5.92 Å². The number of hydrogen-bond acceptors (Lipinski definition) is 1. The second kappa shape index (κ2) is 8.31. The van der Waals surface area contributed by atoms with Crippen molar-refractivity contribution in [2.75, 3.05) is 4.90 Å². The van der Waals surface area contributed by atoms with Crippen LogP contribution in [0.2, 0.25) is 0 Å². The molecule has 0 bridgehead atoms. The molecule has 0 amide bonds. The van der Waals surface area contributed by atoms with Crippen LogP contribution in [0, 0.1) is 5.92 Å². The number of anilines is 3. The molecular weight excluding hydrogens is 386 g/mol. The largest absolute Gasteiger partial charge is 0.310 e. The van der Waals surface area contributed by atoms with E-state index in [9.17, 15) is 0 Å². The van der Waals surface area contributed by atoms with Crippen molar-refractivity contribution in [3.8, 4) is 11.1 Å². The molecule has 0 heterocycles.